The Morgan fingerprint density at radius 3 is 2.71 bits per heavy atom. The van der Waals surface area contributed by atoms with Crippen LogP contribution in [0.4, 0.5) is 5.00 Å². The number of nitrogens with two attached hydrogens (primary N) is 1. The first-order valence-electron chi connectivity index (χ1n) is 4.45. The molecule has 0 atom stereocenters. The lowest BCUT2D eigenvalue weighted by Gasteiger charge is -1.94. The molecule has 2 aromatic heterocycles. The van der Waals surface area contributed by atoms with E-state index in [2.05, 4.69) is 29.0 Å². The molecule has 0 fully saturated rings. The van der Waals surface area contributed by atoms with Crippen molar-refractivity contribution in [1.29, 1.82) is 0 Å². The van der Waals surface area contributed by atoms with Crippen LogP contribution in [-0.2, 0) is 0 Å². The highest BCUT2D eigenvalue weighted by Crippen LogP contribution is 2.27. The zero-order chi connectivity index (χ0) is 10.1. The van der Waals surface area contributed by atoms with E-state index in [0.29, 0.717) is 5.92 Å². The van der Waals surface area contributed by atoms with Crippen molar-refractivity contribution >= 4 is 16.3 Å². The molecule has 0 aromatic carbocycles. The van der Waals surface area contributed by atoms with Crippen LogP contribution in [-0.4, -0.2) is 15.2 Å². The van der Waals surface area contributed by atoms with E-state index in [1.165, 1.54) is 11.3 Å². The summed E-state index contributed by atoms with van der Waals surface area (Å²) in [7, 11) is 0. The van der Waals surface area contributed by atoms with Gasteiger partial charge < -0.3 is 5.73 Å². The van der Waals surface area contributed by atoms with E-state index in [4.69, 9.17) is 5.73 Å². The highest BCUT2D eigenvalue weighted by Gasteiger charge is 2.09. The molecule has 0 spiro atoms. The summed E-state index contributed by atoms with van der Waals surface area (Å²) in [4.78, 5) is 5.39. The van der Waals surface area contributed by atoms with Crippen molar-refractivity contribution in [2.24, 2.45) is 0 Å². The number of anilines is 1. The molecular formula is C9H12N4S. The van der Waals surface area contributed by atoms with E-state index in [-0.39, 0.29) is 0 Å². The van der Waals surface area contributed by atoms with Gasteiger partial charge in [0.05, 0.1) is 9.88 Å². The Labute approximate surface area is 86.2 Å². The molecule has 5 heteroatoms. The van der Waals surface area contributed by atoms with Crippen molar-refractivity contribution in [3.05, 3.63) is 18.0 Å². The topological polar surface area (TPSA) is 67.6 Å². The highest BCUT2D eigenvalue weighted by molar-refractivity contribution is 7.19. The summed E-state index contributed by atoms with van der Waals surface area (Å²) < 4.78 is 0. The van der Waals surface area contributed by atoms with Gasteiger partial charge in [-0.2, -0.15) is 5.10 Å². The van der Waals surface area contributed by atoms with E-state index in [0.717, 1.165) is 21.5 Å². The molecule has 0 amide bonds. The number of nitrogen functional groups attached to an aromatic ring is 1. The molecule has 4 nitrogen and oxygen atoms in total. The summed E-state index contributed by atoms with van der Waals surface area (Å²) in [5, 5.41) is 7.85. The van der Waals surface area contributed by atoms with E-state index < -0.39 is 0 Å². The standard InChI is InChI=1S/C9H12N4S/c1-5(2)8-11-9(13-12-8)6-3-4-7(10)14-6/h3-5H,10H2,1-2H3,(H,11,12,13). The van der Waals surface area contributed by atoms with E-state index >= 15 is 0 Å². The minimum atomic E-state index is 0.369. The van der Waals surface area contributed by atoms with Gasteiger partial charge in [0.1, 0.15) is 5.82 Å². The normalized spacial score (nSPS) is 11.1. The van der Waals surface area contributed by atoms with Gasteiger partial charge >= 0.3 is 0 Å². The molecule has 0 saturated carbocycles. The maximum Gasteiger partial charge on any atom is 0.191 e. The number of aromatic amines is 1. The third kappa shape index (κ3) is 1.63. The Balaban J connectivity index is 2.33. The summed E-state index contributed by atoms with van der Waals surface area (Å²) in [6.45, 7) is 4.15. The highest BCUT2D eigenvalue weighted by atomic mass is 32.1. The van der Waals surface area contributed by atoms with Crippen LogP contribution < -0.4 is 5.73 Å². The quantitative estimate of drug-likeness (QED) is 0.795. The zero-order valence-corrected chi connectivity index (χ0v) is 8.93. The van der Waals surface area contributed by atoms with Crippen LogP contribution in [0.15, 0.2) is 12.1 Å². The second-order valence-electron chi connectivity index (χ2n) is 3.40. The third-order valence-corrected chi connectivity index (χ3v) is 2.81. The molecule has 0 unspecified atom stereocenters. The average Bonchev–Trinajstić information content (AvgIpc) is 2.70. The number of H-pyrrole nitrogens is 1. The molecule has 0 aliphatic carbocycles. The number of aromatic nitrogens is 3. The number of thiophene rings is 1. The number of hydrogen-bond acceptors (Lipinski definition) is 4. The van der Waals surface area contributed by atoms with Gasteiger partial charge in [0.25, 0.3) is 0 Å². The van der Waals surface area contributed by atoms with Crippen molar-refractivity contribution in [2.45, 2.75) is 19.8 Å². The van der Waals surface area contributed by atoms with Crippen molar-refractivity contribution in [3.8, 4) is 10.7 Å². The van der Waals surface area contributed by atoms with Gasteiger partial charge in [-0.05, 0) is 12.1 Å². The van der Waals surface area contributed by atoms with Crippen LogP contribution in [0.1, 0.15) is 25.6 Å². The Kier molecular flexibility index (Phi) is 2.25. The molecule has 0 bridgehead atoms. The molecular weight excluding hydrogens is 196 g/mol. The predicted molar refractivity (Wildman–Crippen MR) is 58.2 cm³/mol. The van der Waals surface area contributed by atoms with Crippen LogP contribution in [0.5, 0.6) is 0 Å². The molecule has 0 aliphatic heterocycles. The van der Waals surface area contributed by atoms with Crippen molar-refractivity contribution in [1.82, 2.24) is 15.2 Å². The van der Waals surface area contributed by atoms with Crippen molar-refractivity contribution in [3.63, 3.8) is 0 Å². The molecule has 3 N–H and O–H groups in total. The van der Waals surface area contributed by atoms with Gasteiger partial charge in [-0.3, -0.25) is 5.10 Å². The minimum absolute atomic E-state index is 0.369. The minimum Gasteiger partial charge on any atom is -0.391 e. The second-order valence-corrected chi connectivity index (χ2v) is 4.52. The van der Waals surface area contributed by atoms with E-state index in [1.54, 1.807) is 0 Å². The van der Waals surface area contributed by atoms with Crippen molar-refractivity contribution < 1.29 is 0 Å². The van der Waals surface area contributed by atoms with Crippen LogP contribution >= 0.6 is 11.3 Å². The molecule has 0 saturated heterocycles. The van der Waals surface area contributed by atoms with Gasteiger partial charge in [-0.25, -0.2) is 4.98 Å². The fourth-order valence-corrected chi connectivity index (χ4v) is 1.82. The Morgan fingerprint density at radius 1 is 1.43 bits per heavy atom. The second kappa shape index (κ2) is 3.42. The lowest BCUT2D eigenvalue weighted by Crippen LogP contribution is -1.89. The smallest absolute Gasteiger partial charge is 0.191 e. The summed E-state index contributed by atoms with van der Waals surface area (Å²) >= 11 is 1.50. The third-order valence-electron chi connectivity index (χ3n) is 1.90. The Morgan fingerprint density at radius 2 is 2.21 bits per heavy atom. The number of rotatable bonds is 2. The fourth-order valence-electron chi connectivity index (χ4n) is 1.12. The first kappa shape index (κ1) is 9.21. The molecule has 14 heavy (non-hydrogen) atoms. The van der Waals surface area contributed by atoms with Gasteiger partial charge in [0, 0.05) is 5.92 Å². The average molecular weight is 208 g/mol. The van der Waals surface area contributed by atoms with Gasteiger partial charge in [0.2, 0.25) is 0 Å². The van der Waals surface area contributed by atoms with Crippen LogP contribution in [0.25, 0.3) is 10.7 Å². The number of nitrogens with one attached hydrogen (secondary N) is 1. The first-order chi connectivity index (χ1) is 6.66. The maximum atomic E-state index is 5.64. The molecule has 74 valence electrons. The summed E-state index contributed by atoms with van der Waals surface area (Å²) in [5.41, 5.74) is 5.64. The van der Waals surface area contributed by atoms with Gasteiger partial charge in [-0.15, -0.1) is 11.3 Å². The van der Waals surface area contributed by atoms with E-state index in [1.807, 2.05) is 12.1 Å². The predicted octanol–water partition coefficient (Wildman–Crippen LogP) is 2.24. The lowest BCUT2D eigenvalue weighted by molar-refractivity contribution is 0.781. The summed E-state index contributed by atoms with van der Waals surface area (Å²) in [6, 6.07) is 3.80. The monoisotopic (exact) mass is 208 g/mol. The maximum absolute atomic E-state index is 5.64. The molecule has 0 radical (unpaired) electrons. The molecule has 2 aromatic rings. The van der Waals surface area contributed by atoms with E-state index in [9.17, 15) is 0 Å². The largest absolute Gasteiger partial charge is 0.391 e. The van der Waals surface area contributed by atoms with Crippen LogP contribution in [0, 0.1) is 0 Å². The molecule has 0 aliphatic rings. The first-order valence-corrected chi connectivity index (χ1v) is 5.26. The molecule has 2 heterocycles. The van der Waals surface area contributed by atoms with Gasteiger partial charge in [0.15, 0.2) is 5.82 Å². The Bertz CT molecular complexity index is 429. The van der Waals surface area contributed by atoms with Gasteiger partial charge in [-0.1, -0.05) is 13.8 Å². The summed E-state index contributed by atoms with van der Waals surface area (Å²) in [6.07, 6.45) is 0. The number of nitrogens with zero attached hydrogens (tertiary/aromatic N) is 2. The molecule has 2 rings (SSSR count). The SMILES string of the molecule is CC(C)c1nc(-c2ccc(N)s2)n[nH]1. The van der Waals surface area contributed by atoms with Crippen LogP contribution in [0.3, 0.4) is 0 Å². The fraction of sp³-hybridized carbons (Fsp3) is 0.333. The number of hydrogen-bond donors (Lipinski definition) is 2. The zero-order valence-electron chi connectivity index (χ0n) is 8.11. The lowest BCUT2D eigenvalue weighted by atomic mass is 10.2. The summed E-state index contributed by atoms with van der Waals surface area (Å²) in [5.74, 6) is 2.01. The Hall–Kier alpha value is -1.36. The van der Waals surface area contributed by atoms with Crippen LogP contribution in [0.2, 0.25) is 0 Å². The van der Waals surface area contributed by atoms with Crippen molar-refractivity contribution in [2.75, 3.05) is 5.73 Å².